The highest BCUT2D eigenvalue weighted by Crippen LogP contribution is 2.36. The fourth-order valence-corrected chi connectivity index (χ4v) is 4.59. The topological polar surface area (TPSA) is 71.1 Å². The highest BCUT2D eigenvalue weighted by atomic mass is 16.5. The summed E-state index contributed by atoms with van der Waals surface area (Å²) in [5.74, 6) is 0.767. The number of nitrogens with one attached hydrogen (secondary N) is 1. The van der Waals surface area contributed by atoms with Gasteiger partial charge in [0.15, 0.2) is 0 Å². The van der Waals surface area contributed by atoms with Gasteiger partial charge in [0.25, 0.3) is 5.91 Å². The zero-order valence-corrected chi connectivity index (χ0v) is 16.3. The van der Waals surface area contributed by atoms with E-state index in [9.17, 15) is 9.59 Å². The fourth-order valence-electron chi connectivity index (χ4n) is 4.59. The van der Waals surface area contributed by atoms with Crippen molar-refractivity contribution in [2.75, 3.05) is 39.8 Å². The van der Waals surface area contributed by atoms with Crippen LogP contribution in [0.5, 0.6) is 0 Å². The van der Waals surface area contributed by atoms with Crippen LogP contribution in [0.4, 0.5) is 0 Å². The minimum atomic E-state index is -0.338. The average molecular weight is 385 g/mol. The van der Waals surface area contributed by atoms with Crippen molar-refractivity contribution in [2.24, 2.45) is 5.92 Å². The Morgan fingerprint density at radius 1 is 1.18 bits per heavy atom. The van der Waals surface area contributed by atoms with Gasteiger partial charge in [-0.1, -0.05) is 6.07 Å². The summed E-state index contributed by atoms with van der Waals surface area (Å²) >= 11 is 0. The van der Waals surface area contributed by atoms with Gasteiger partial charge in [-0.05, 0) is 42.0 Å². The Kier molecular flexibility index (Phi) is 4.41. The maximum Gasteiger partial charge on any atom is 0.254 e. The molecule has 3 aliphatic heterocycles. The second-order valence-corrected chi connectivity index (χ2v) is 8.63. The molecule has 4 aliphatic rings. The molecule has 1 atom stereocenters. The number of likely N-dealkylation sites (tertiary alicyclic amines) is 1. The molecular formula is C21H27N3O4. The molecule has 3 heterocycles. The second kappa shape index (κ2) is 6.83. The SMILES string of the molecule is CNC(=O)C1COC2(CN(C(=O)c3ccc4c(c3)COC4)C2)CN1CC1CC1. The van der Waals surface area contributed by atoms with Crippen molar-refractivity contribution in [3.63, 3.8) is 0 Å². The fraction of sp³-hybridized carbons (Fsp3) is 0.619. The summed E-state index contributed by atoms with van der Waals surface area (Å²) in [6, 6.07) is 5.62. The van der Waals surface area contributed by atoms with Gasteiger partial charge in [-0.25, -0.2) is 0 Å². The number of amides is 2. The molecule has 0 aromatic heterocycles. The van der Waals surface area contributed by atoms with Crippen molar-refractivity contribution in [3.8, 4) is 0 Å². The zero-order valence-electron chi connectivity index (χ0n) is 16.3. The van der Waals surface area contributed by atoms with E-state index in [1.54, 1.807) is 7.05 Å². The highest BCUT2D eigenvalue weighted by molar-refractivity contribution is 5.95. The average Bonchev–Trinajstić information content (AvgIpc) is 3.37. The maximum atomic E-state index is 12.9. The summed E-state index contributed by atoms with van der Waals surface area (Å²) in [6.45, 7) is 4.44. The Balaban J connectivity index is 1.24. The van der Waals surface area contributed by atoms with E-state index in [0.717, 1.165) is 12.1 Å². The summed E-state index contributed by atoms with van der Waals surface area (Å²) in [7, 11) is 1.67. The van der Waals surface area contributed by atoms with Crippen LogP contribution in [0.25, 0.3) is 0 Å². The van der Waals surface area contributed by atoms with Crippen LogP contribution in [0.1, 0.15) is 34.3 Å². The number of carbonyl (C=O) groups is 2. The zero-order chi connectivity index (χ0) is 19.3. The molecule has 1 aromatic carbocycles. The second-order valence-electron chi connectivity index (χ2n) is 8.63. The van der Waals surface area contributed by atoms with E-state index in [0.29, 0.717) is 50.9 Å². The normalized spacial score (nSPS) is 26.0. The Morgan fingerprint density at radius 3 is 2.71 bits per heavy atom. The maximum absolute atomic E-state index is 12.9. The first-order chi connectivity index (χ1) is 13.6. The van der Waals surface area contributed by atoms with Gasteiger partial charge in [-0.2, -0.15) is 0 Å². The van der Waals surface area contributed by atoms with E-state index in [4.69, 9.17) is 9.47 Å². The van der Waals surface area contributed by atoms with Gasteiger partial charge in [0.2, 0.25) is 5.91 Å². The van der Waals surface area contributed by atoms with Crippen molar-refractivity contribution >= 4 is 11.8 Å². The first kappa shape index (κ1) is 18.1. The third-order valence-electron chi connectivity index (χ3n) is 6.43. The quantitative estimate of drug-likeness (QED) is 0.829. The van der Waals surface area contributed by atoms with Crippen LogP contribution in [0.3, 0.4) is 0 Å². The van der Waals surface area contributed by atoms with E-state index >= 15 is 0 Å². The third kappa shape index (κ3) is 3.21. The Hall–Kier alpha value is -1.96. The molecule has 1 saturated carbocycles. The van der Waals surface area contributed by atoms with Crippen LogP contribution in [0.2, 0.25) is 0 Å². The number of carbonyl (C=O) groups excluding carboxylic acids is 2. The summed E-state index contributed by atoms with van der Waals surface area (Å²) in [6.07, 6.45) is 2.49. The first-order valence-electron chi connectivity index (χ1n) is 10.2. The number of hydrogen-bond acceptors (Lipinski definition) is 5. The summed E-state index contributed by atoms with van der Waals surface area (Å²) in [5, 5.41) is 2.76. The molecule has 1 aromatic rings. The Labute approximate surface area is 165 Å². The molecular weight excluding hydrogens is 358 g/mol. The molecule has 1 spiro atoms. The van der Waals surface area contributed by atoms with E-state index in [-0.39, 0.29) is 23.5 Å². The van der Waals surface area contributed by atoms with E-state index < -0.39 is 0 Å². The van der Waals surface area contributed by atoms with Gasteiger partial charge in [-0.15, -0.1) is 0 Å². The Morgan fingerprint density at radius 2 is 1.96 bits per heavy atom. The molecule has 0 bridgehead atoms. The van der Waals surface area contributed by atoms with Gasteiger partial charge in [0.05, 0.1) is 32.9 Å². The lowest BCUT2D eigenvalue weighted by Crippen LogP contribution is -2.73. The van der Waals surface area contributed by atoms with Crippen molar-refractivity contribution < 1.29 is 19.1 Å². The molecule has 28 heavy (non-hydrogen) atoms. The number of fused-ring (bicyclic) bond motifs is 1. The molecule has 1 unspecified atom stereocenters. The van der Waals surface area contributed by atoms with Gasteiger partial charge in [0, 0.05) is 25.7 Å². The monoisotopic (exact) mass is 385 g/mol. The van der Waals surface area contributed by atoms with E-state index in [1.165, 1.54) is 18.4 Å². The third-order valence-corrected chi connectivity index (χ3v) is 6.43. The summed E-state index contributed by atoms with van der Waals surface area (Å²) in [5.41, 5.74) is 2.66. The van der Waals surface area contributed by atoms with Gasteiger partial charge < -0.3 is 19.7 Å². The summed E-state index contributed by atoms with van der Waals surface area (Å²) < 4.78 is 11.6. The van der Waals surface area contributed by atoms with Crippen molar-refractivity contribution in [3.05, 3.63) is 34.9 Å². The molecule has 150 valence electrons. The van der Waals surface area contributed by atoms with Gasteiger partial charge in [-0.3, -0.25) is 14.5 Å². The molecule has 7 nitrogen and oxygen atoms in total. The number of benzene rings is 1. The molecule has 1 aliphatic carbocycles. The van der Waals surface area contributed by atoms with Crippen molar-refractivity contribution in [2.45, 2.75) is 37.7 Å². The number of nitrogens with zero attached hydrogens (tertiary/aromatic N) is 2. The molecule has 1 N–H and O–H groups in total. The lowest BCUT2D eigenvalue weighted by molar-refractivity contribution is -0.191. The lowest BCUT2D eigenvalue weighted by Gasteiger charge is -2.55. The van der Waals surface area contributed by atoms with Crippen LogP contribution in [0.15, 0.2) is 18.2 Å². The minimum absolute atomic E-state index is 0.0168. The van der Waals surface area contributed by atoms with Crippen molar-refractivity contribution in [1.29, 1.82) is 0 Å². The van der Waals surface area contributed by atoms with Gasteiger partial charge in [0.1, 0.15) is 11.6 Å². The minimum Gasteiger partial charge on any atom is -0.372 e. The van der Waals surface area contributed by atoms with Crippen LogP contribution in [-0.4, -0.2) is 73.1 Å². The van der Waals surface area contributed by atoms with Gasteiger partial charge >= 0.3 is 0 Å². The standard InChI is InChI=1S/C21H27N3O4/c1-22-19(25)18-10-28-21(11-23(18)7-14-2-3-14)12-24(13-21)20(26)15-4-5-16-8-27-9-17(16)6-15/h4-6,14,18H,2-3,7-13H2,1H3,(H,22,25). The first-order valence-corrected chi connectivity index (χ1v) is 10.2. The van der Waals surface area contributed by atoms with Crippen molar-refractivity contribution in [1.82, 2.24) is 15.1 Å². The van der Waals surface area contributed by atoms with Crippen LogP contribution < -0.4 is 5.32 Å². The van der Waals surface area contributed by atoms with Crippen LogP contribution in [-0.2, 0) is 27.5 Å². The highest BCUT2D eigenvalue weighted by Gasteiger charge is 2.52. The number of likely N-dealkylation sites (N-methyl/N-ethyl adjacent to an activating group) is 1. The number of morpholine rings is 1. The molecule has 2 amide bonds. The molecule has 5 rings (SSSR count). The predicted octanol–water partition coefficient (Wildman–Crippen LogP) is 0.768. The van der Waals surface area contributed by atoms with Crippen LogP contribution in [0, 0.1) is 5.92 Å². The summed E-state index contributed by atoms with van der Waals surface area (Å²) in [4.78, 5) is 29.3. The number of ether oxygens (including phenoxy) is 2. The van der Waals surface area contributed by atoms with Crippen LogP contribution >= 0.6 is 0 Å². The Bertz CT molecular complexity index is 801. The number of rotatable bonds is 4. The molecule has 3 fully saturated rings. The largest absolute Gasteiger partial charge is 0.372 e. The predicted molar refractivity (Wildman–Crippen MR) is 102 cm³/mol. The molecule has 7 heteroatoms. The van der Waals surface area contributed by atoms with E-state index in [1.807, 2.05) is 23.1 Å². The lowest BCUT2D eigenvalue weighted by atomic mass is 9.89. The van der Waals surface area contributed by atoms with E-state index in [2.05, 4.69) is 10.2 Å². The molecule has 2 saturated heterocycles. The smallest absolute Gasteiger partial charge is 0.254 e. The molecule has 0 radical (unpaired) electrons. The number of hydrogen-bond donors (Lipinski definition) is 1.